The topological polar surface area (TPSA) is 14.1 Å². The van der Waals surface area contributed by atoms with Crippen LogP contribution < -0.4 is 5.32 Å². The van der Waals surface area contributed by atoms with Gasteiger partial charge in [0.05, 0.1) is 0 Å². The molecule has 0 amide bonds. The summed E-state index contributed by atoms with van der Waals surface area (Å²) in [5.41, 5.74) is 4.38. The van der Waals surface area contributed by atoms with Crippen LogP contribution in [0.2, 0.25) is 0 Å². The van der Waals surface area contributed by atoms with Crippen molar-refractivity contribution in [2.45, 2.75) is 32.6 Å². The molecule has 1 radical (unpaired) electrons. The Bertz CT molecular complexity index is 311. The highest BCUT2D eigenvalue weighted by atomic mass is 14.9. The van der Waals surface area contributed by atoms with Gasteiger partial charge in [-0.2, -0.15) is 0 Å². The minimum atomic E-state index is 0.757. The molecule has 1 aliphatic rings. The van der Waals surface area contributed by atoms with Crippen LogP contribution in [0.1, 0.15) is 35.4 Å². The number of rotatable bonds is 1. The molecule has 0 spiro atoms. The highest BCUT2D eigenvalue weighted by molar-refractivity contribution is 5.33. The lowest BCUT2D eigenvalue weighted by Gasteiger charge is -2.23. The zero-order valence-corrected chi connectivity index (χ0v) is 9.09. The highest BCUT2D eigenvalue weighted by Gasteiger charge is 2.17. The van der Waals surface area contributed by atoms with Gasteiger partial charge in [-0.15, -0.1) is 0 Å². The molecule has 14 heavy (non-hydrogen) atoms. The Morgan fingerprint density at radius 1 is 1.14 bits per heavy atom. The van der Waals surface area contributed by atoms with Crippen molar-refractivity contribution in [3.63, 3.8) is 0 Å². The summed E-state index contributed by atoms with van der Waals surface area (Å²) in [6.07, 6.45) is 2.48. The zero-order valence-electron chi connectivity index (χ0n) is 9.09. The molecular weight excluding hydrogens is 170 g/mol. The van der Waals surface area contributed by atoms with Crippen molar-refractivity contribution in [1.29, 1.82) is 0 Å². The molecule has 75 valence electrons. The van der Waals surface area contributed by atoms with Gasteiger partial charge in [-0.1, -0.05) is 23.8 Å². The van der Waals surface area contributed by atoms with E-state index in [1.165, 1.54) is 24.0 Å². The van der Waals surface area contributed by atoms with Gasteiger partial charge in [0.1, 0.15) is 0 Å². The number of benzene rings is 1. The Balaban J connectivity index is 2.24. The normalized spacial score (nSPS) is 18.4. The van der Waals surface area contributed by atoms with Crippen LogP contribution in [0.5, 0.6) is 0 Å². The van der Waals surface area contributed by atoms with Gasteiger partial charge in [0.25, 0.3) is 0 Å². The highest BCUT2D eigenvalue weighted by Crippen LogP contribution is 2.28. The van der Waals surface area contributed by atoms with Gasteiger partial charge in [0.2, 0.25) is 0 Å². The molecule has 1 nitrogen and oxygen atoms in total. The lowest BCUT2D eigenvalue weighted by atomic mass is 9.87. The van der Waals surface area contributed by atoms with Gasteiger partial charge >= 0.3 is 0 Å². The molecular formula is C13H18N. The van der Waals surface area contributed by atoms with Crippen LogP contribution in [0.3, 0.4) is 0 Å². The minimum Gasteiger partial charge on any atom is -0.242 e. The van der Waals surface area contributed by atoms with E-state index in [0.29, 0.717) is 0 Å². The first kappa shape index (κ1) is 9.72. The minimum absolute atomic E-state index is 0.757. The third-order valence-electron chi connectivity index (χ3n) is 3.15. The molecule has 1 aromatic rings. The fourth-order valence-corrected chi connectivity index (χ4v) is 2.26. The smallest absolute Gasteiger partial charge is 0.0139 e. The monoisotopic (exact) mass is 188 g/mol. The van der Waals surface area contributed by atoms with E-state index in [4.69, 9.17) is 0 Å². The van der Waals surface area contributed by atoms with Gasteiger partial charge < -0.3 is 0 Å². The summed E-state index contributed by atoms with van der Waals surface area (Å²) < 4.78 is 0. The van der Waals surface area contributed by atoms with Gasteiger partial charge in [-0.3, -0.25) is 0 Å². The third-order valence-corrected chi connectivity index (χ3v) is 3.15. The SMILES string of the molecule is Cc1ccc(C)c(C2CC[N]CC2)c1. The van der Waals surface area contributed by atoms with E-state index in [9.17, 15) is 0 Å². The molecule has 0 bridgehead atoms. The second-order valence-electron chi connectivity index (χ2n) is 4.31. The first-order chi connectivity index (χ1) is 6.77. The summed E-state index contributed by atoms with van der Waals surface area (Å²) in [6.45, 7) is 6.51. The quantitative estimate of drug-likeness (QED) is 0.643. The molecule has 0 N–H and O–H groups in total. The molecule has 1 saturated heterocycles. The second kappa shape index (κ2) is 4.14. The Morgan fingerprint density at radius 3 is 2.57 bits per heavy atom. The Kier molecular flexibility index (Phi) is 2.87. The first-order valence-corrected chi connectivity index (χ1v) is 5.48. The van der Waals surface area contributed by atoms with E-state index in [2.05, 4.69) is 37.4 Å². The average Bonchev–Trinajstić information content (AvgIpc) is 2.23. The van der Waals surface area contributed by atoms with Crippen LogP contribution in [-0.4, -0.2) is 13.1 Å². The number of hydrogen-bond donors (Lipinski definition) is 0. The van der Waals surface area contributed by atoms with Crippen LogP contribution in [0, 0.1) is 13.8 Å². The van der Waals surface area contributed by atoms with Crippen LogP contribution in [0.25, 0.3) is 0 Å². The number of piperidine rings is 1. The van der Waals surface area contributed by atoms with E-state index in [1.807, 2.05) is 0 Å². The maximum Gasteiger partial charge on any atom is 0.0139 e. The Morgan fingerprint density at radius 2 is 1.86 bits per heavy atom. The summed E-state index contributed by atoms with van der Waals surface area (Å²) in [6, 6.07) is 6.80. The van der Waals surface area contributed by atoms with Crippen LogP contribution >= 0.6 is 0 Å². The standard InChI is InChI=1S/C13H18N/c1-10-3-4-11(2)13(9-10)12-5-7-14-8-6-12/h3-4,9,12H,5-8H2,1-2H3. The Hall–Kier alpha value is -0.820. The van der Waals surface area contributed by atoms with Crippen LogP contribution in [-0.2, 0) is 0 Å². The molecule has 1 aliphatic heterocycles. The molecule has 0 unspecified atom stereocenters. The van der Waals surface area contributed by atoms with Gasteiger partial charge in [-0.05, 0) is 43.7 Å². The lowest BCUT2D eigenvalue weighted by molar-refractivity contribution is 0.452. The summed E-state index contributed by atoms with van der Waals surface area (Å²) in [7, 11) is 0. The van der Waals surface area contributed by atoms with E-state index in [1.54, 1.807) is 5.56 Å². The maximum atomic E-state index is 4.40. The van der Waals surface area contributed by atoms with E-state index >= 15 is 0 Å². The van der Waals surface area contributed by atoms with Gasteiger partial charge in [0, 0.05) is 13.1 Å². The molecule has 0 saturated carbocycles. The number of aryl methyl sites for hydroxylation is 2. The number of hydrogen-bond acceptors (Lipinski definition) is 0. The van der Waals surface area contributed by atoms with Crippen LogP contribution in [0.15, 0.2) is 18.2 Å². The largest absolute Gasteiger partial charge is 0.242 e. The predicted octanol–water partition coefficient (Wildman–Crippen LogP) is 2.79. The summed E-state index contributed by atoms with van der Waals surface area (Å²) in [5, 5.41) is 4.40. The summed E-state index contributed by atoms with van der Waals surface area (Å²) in [4.78, 5) is 0. The van der Waals surface area contributed by atoms with Crippen molar-refractivity contribution in [3.8, 4) is 0 Å². The van der Waals surface area contributed by atoms with E-state index in [-0.39, 0.29) is 0 Å². The Labute approximate surface area is 86.5 Å². The molecule has 0 aliphatic carbocycles. The van der Waals surface area contributed by atoms with Gasteiger partial charge in [0.15, 0.2) is 0 Å². The molecule has 1 heteroatoms. The average molecular weight is 188 g/mol. The van der Waals surface area contributed by atoms with Crippen molar-refractivity contribution in [3.05, 3.63) is 34.9 Å². The summed E-state index contributed by atoms with van der Waals surface area (Å²) in [5.74, 6) is 0.757. The fourth-order valence-electron chi connectivity index (χ4n) is 2.26. The molecule has 2 rings (SSSR count). The molecule has 1 heterocycles. The van der Waals surface area contributed by atoms with Gasteiger partial charge in [-0.25, -0.2) is 5.32 Å². The van der Waals surface area contributed by atoms with Crippen molar-refractivity contribution in [2.75, 3.05) is 13.1 Å². The predicted molar refractivity (Wildman–Crippen MR) is 59.8 cm³/mol. The van der Waals surface area contributed by atoms with E-state index < -0.39 is 0 Å². The molecule has 0 atom stereocenters. The lowest BCUT2D eigenvalue weighted by Crippen LogP contribution is -2.21. The number of nitrogens with zero attached hydrogens (tertiary/aromatic N) is 1. The molecule has 0 aromatic heterocycles. The van der Waals surface area contributed by atoms with Crippen molar-refractivity contribution < 1.29 is 0 Å². The van der Waals surface area contributed by atoms with Crippen molar-refractivity contribution in [1.82, 2.24) is 5.32 Å². The maximum absolute atomic E-state index is 4.40. The first-order valence-electron chi connectivity index (χ1n) is 5.48. The van der Waals surface area contributed by atoms with Crippen molar-refractivity contribution in [2.24, 2.45) is 0 Å². The zero-order chi connectivity index (χ0) is 9.97. The summed E-state index contributed by atoms with van der Waals surface area (Å²) >= 11 is 0. The van der Waals surface area contributed by atoms with E-state index in [0.717, 1.165) is 19.0 Å². The molecule has 1 fully saturated rings. The van der Waals surface area contributed by atoms with Crippen molar-refractivity contribution >= 4 is 0 Å². The fraction of sp³-hybridized carbons (Fsp3) is 0.538. The molecule has 1 aromatic carbocycles. The van der Waals surface area contributed by atoms with Crippen LogP contribution in [0.4, 0.5) is 0 Å². The third kappa shape index (κ3) is 1.98. The second-order valence-corrected chi connectivity index (χ2v) is 4.31.